The first-order valence-corrected chi connectivity index (χ1v) is 15.1. The maximum atomic E-state index is 13.5. The molecular weight excluding hydrogens is 617 g/mol. The molecule has 3 aliphatic rings. The highest BCUT2D eigenvalue weighted by Gasteiger charge is 2.41. The lowest BCUT2D eigenvalue weighted by Crippen LogP contribution is -2.54. The number of piperidine rings is 1. The van der Waals surface area contributed by atoms with Gasteiger partial charge in [-0.3, -0.25) is 19.5 Å². The molecule has 1 aliphatic carbocycles. The minimum absolute atomic E-state index is 0.0163. The van der Waals surface area contributed by atoms with Gasteiger partial charge in [0, 0.05) is 80.4 Å². The zero-order valence-corrected chi connectivity index (χ0v) is 24.8. The number of aromatic nitrogens is 4. The van der Waals surface area contributed by atoms with E-state index >= 15 is 0 Å². The molecule has 4 heterocycles. The Kier molecular flexibility index (Phi) is 8.59. The lowest BCUT2D eigenvalue weighted by Gasteiger charge is -2.37. The molecule has 0 spiro atoms. The Balaban J connectivity index is 1.05. The lowest BCUT2D eigenvalue weighted by atomic mass is 9.96. The molecule has 2 aromatic heterocycles. The molecule has 16 heteroatoms. The third-order valence-electron chi connectivity index (χ3n) is 8.38. The highest BCUT2D eigenvalue weighted by atomic mass is 35.5. The van der Waals surface area contributed by atoms with Gasteiger partial charge in [-0.1, -0.05) is 11.6 Å². The van der Waals surface area contributed by atoms with Crippen LogP contribution in [-0.2, 0) is 17.4 Å². The molecule has 240 valence electrons. The predicted molar refractivity (Wildman–Crippen MR) is 156 cm³/mol. The highest BCUT2D eigenvalue weighted by molar-refractivity contribution is 6.34. The fourth-order valence-electron chi connectivity index (χ4n) is 5.88. The molecule has 3 amide bonds. The van der Waals surface area contributed by atoms with Gasteiger partial charge in [-0.25, -0.2) is 4.98 Å². The van der Waals surface area contributed by atoms with Crippen LogP contribution in [0.15, 0.2) is 24.4 Å². The van der Waals surface area contributed by atoms with Gasteiger partial charge in [0.2, 0.25) is 5.91 Å². The first-order chi connectivity index (χ1) is 21.5. The third kappa shape index (κ3) is 6.84. The van der Waals surface area contributed by atoms with E-state index in [9.17, 15) is 32.7 Å². The Morgan fingerprint density at radius 2 is 1.82 bits per heavy atom. The van der Waals surface area contributed by atoms with E-state index in [2.05, 4.69) is 30.8 Å². The number of carbonyl (C=O) groups excluding carboxylic acids is 3. The Labute approximate surface area is 260 Å². The number of alkyl halides is 3. The molecule has 45 heavy (non-hydrogen) atoms. The second-order valence-corrected chi connectivity index (χ2v) is 12.1. The number of benzene rings is 1. The highest BCUT2D eigenvalue weighted by Crippen LogP contribution is 2.44. The number of carbonyl (C=O) groups is 3. The minimum atomic E-state index is -4.61. The summed E-state index contributed by atoms with van der Waals surface area (Å²) in [4.78, 5) is 49.1. The number of imidazole rings is 1. The minimum Gasteiger partial charge on any atom is -0.392 e. The van der Waals surface area contributed by atoms with E-state index in [0.29, 0.717) is 62.8 Å². The summed E-state index contributed by atoms with van der Waals surface area (Å²) in [6.07, 6.45) is -1.97. The van der Waals surface area contributed by atoms with E-state index in [-0.39, 0.29) is 52.0 Å². The van der Waals surface area contributed by atoms with Gasteiger partial charge in [-0.15, -0.1) is 0 Å². The molecule has 0 radical (unpaired) electrons. The van der Waals surface area contributed by atoms with Gasteiger partial charge >= 0.3 is 6.18 Å². The molecule has 6 rings (SSSR count). The summed E-state index contributed by atoms with van der Waals surface area (Å²) in [6.45, 7) is 2.39. The van der Waals surface area contributed by atoms with Crippen LogP contribution in [0.2, 0.25) is 5.02 Å². The number of halogens is 4. The molecule has 3 aromatic rings. The first kappa shape index (κ1) is 31.0. The van der Waals surface area contributed by atoms with Gasteiger partial charge in [-0.05, 0) is 37.5 Å². The monoisotopic (exact) mass is 648 g/mol. The zero-order valence-electron chi connectivity index (χ0n) is 24.1. The second-order valence-electron chi connectivity index (χ2n) is 11.7. The maximum absolute atomic E-state index is 13.5. The lowest BCUT2D eigenvalue weighted by molar-refractivity contribution is -0.141. The van der Waals surface area contributed by atoms with Crippen LogP contribution < -0.4 is 10.6 Å². The number of aromatic amines is 2. The van der Waals surface area contributed by atoms with Crippen molar-refractivity contribution in [2.24, 2.45) is 5.92 Å². The Bertz CT molecular complexity index is 1600. The number of rotatable bonds is 7. The average molecular weight is 649 g/mol. The fraction of sp³-hybridized carbons (Fsp3) is 0.483. The molecule has 1 saturated carbocycles. The molecule has 2 saturated heterocycles. The molecule has 3 fully saturated rings. The summed E-state index contributed by atoms with van der Waals surface area (Å²) in [6, 6.07) is 4.45. The van der Waals surface area contributed by atoms with Crippen molar-refractivity contribution < 1.29 is 32.7 Å². The van der Waals surface area contributed by atoms with E-state index in [0.717, 1.165) is 12.8 Å². The number of nitrogens with one attached hydrogen (secondary N) is 4. The average Bonchev–Trinajstić information content (AvgIpc) is 3.58. The number of hydrogen-bond donors (Lipinski definition) is 5. The van der Waals surface area contributed by atoms with Gasteiger partial charge in [0.15, 0.2) is 11.5 Å². The van der Waals surface area contributed by atoms with Crippen molar-refractivity contribution in [3.05, 3.63) is 63.5 Å². The van der Waals surface area contributed by atoms with Gasteiger partial charge in [0.25, 0.3) is 11.8 Å². The van der Waals surface area contributed by atoms with Crippen LogP contribution in [0.25, 0.3) is 0 Å². The van der Waals surface area contributed by atoms with Crippen molar-refractivity contribution in [3.63, 3.8) is 0 Å². The normalized spacial score (nSPS) is 20.7. The molecule has 5 N–H and O–H groups in total. The maximum Gasteiger partial charge on any atom is 0.435 e. The van der Waals surface area contributed by atoms with Crippen LogP contribution in [0.5, 0.6) is 0 Å². The van der Waals surface area contributed by atoms with Crippen molar-refractivity contribution in [2.45, 2.75) is 43.9 Å². The summed E-state index contributed by atoms with van der Waals surface area (Å²) in [7, 11) is 0. The molecule has 2 aliphatic heterocycles. The molecule has 0 bridgehead atoms. The number of aliphatic hydroxyl groups excluding tert-OH is 1. The van der Waals surface area contributed by atoms with E-state index < -0.39 is 23.9 Å². The van der Waals surface area contributed by atoms with Crippen molar-refractivity contribution in [3.8, 4) is 0 Å². The van der Waals surface area contributed by atoms with E-state index in [1.54, 1.807) is 9.80 Å². The SMILES string of the molecule is O=C(Nc1ccc(C(=O)N2CCN(C(=O)C3CNCC(O)C3)CC2)c(Cl)c1)c1ncc(Cc2c(C(F)(F)F)n[nH]c2C2CC2)[nH]1. The Hall–Kier alpha value is -3.95. The second kappa shape index (κ2) is 12.4. The van der Waals surface area contributed by atoms with E-state index in [4.69, 9.17) is 11.6 Å². The largest absolute Gasteiger partial charge is 0.435 e. The van der Waals surface area contributed by atoms with Gasteiger partial charge in [-0.2, -0.15) is 18.3 Å². The van der Waals surface area contributed by atoms with Crippen molar-refractivity contribution >= 4 is 35.0 Å². The smallest absolute Gasteiger partial charge is 0.392 e. The number of H-pyrrole nitrogens is 2. The standard InChI is InChI=1S/C29H32ClF3N8O4/c30-22-11-17(3-4-20(22)28(45)41-7-5-40(6-8-41)27(44)16-9-19(42)14-34-12-16)37-26(43)25-35-13-18(36-25)10-21-23(15-1-2-15)38-39-24(21)29(31,32)33/h3-4,11,13,15-16,19,34,42H,1-2,5-10,12,14H2,(H,35,36)(H,37,43)(H,38,39). The van der Waals surface area contributed by atoms with Crippen LogP contribution in [-0.4, -0.2) is 98.2 Å². The van der Waals surface area contributed by atoms with Crippen LogP contribution in [0.1, 0.15) is 68.8 Å². The van der Waals surface area contributed by atoms with E-state index in [1.807, 2.05) is 0 Å². The fourth-order valence-corrected chi connectivity index (χ4v) is 6.14. The Morgan fingerprint density at radius 1 is 1.09 bits per heavy atom. The zero-order chi connectivity index (χ0) is 31.9. The number of amides is 3. The van der Waals surface area contributed by atoms with Crippen LogP contribution in [0.4, 0.5) is 18.9 Å². The number of hydrogen-bond acceptors (Lipinski definition) is 7. The van der Waals surface area contributed by atoms with Gasteiger partial charge in [0.1, 0.15) is 0 Å². The number of nitrogens with zero attached hydrogens (tertiary/aromatic N) is 4. The summed E-state index contributed by atoms with van der Waals surface area (Å²) < 4.78 is 40.6. The molecule has 2 atom stereocenters. The molecular formula is C29H32ClF3N8O4. The summed E-state index contributed by atoms with van der Waals surface area (Å²) in [5.74, 6) is -1.35. The quantitative estimate of drug-likeness (QED) is 0.263. The summed E-state index contributed by atoms with van der Waals surface area (Å²) in [5, 5.41) is 21.7. The third-order valence-corrected chi connectivity index (χ3v) is 8.69. The number of piperazine rings is 1. The number of β-amino-alcohol motifs (C(OH)–C–C–N with tert-alkyl or cyclic N) is 1. The van der Waals surface area contributed by atoms with Crippen LogP contribution >= 0.6 is 11.6 Å². The molecule has 2 unspecified atom stereocenters. The molecule has 1 aromatic carbocycles. The van der Waals surface area contributed by atoms with Gasteiger partial charge < -0.3 is 30.5 Å². The first-order valence-electron chi connectivity index (χ1n) is 14.7. The van der Waals surface area contributed by atoms with Gasteiger partial charge in [0.05, 0.1) is 22.6 Å². The Morgan fingerprint density at radius 3 is 2.49 bits per heavy atom. The van der Waals surface area contributed by atoms with Crippen LogP contribution in [0.3, 0.4) is 0 Å². The number of aliphatic hydroxyl groups is 1. The molecule has 12 nitrogen and oxygen atoms in total. The van der Waals surface area contributed by atoms with Crippen molar-refractivity contribution in [1.82, 2.24) is 35.3 Å². The van der Waals surface area contributed by atoms with E-state index in [1.165, 1.54) is 24.4 Å². The van der Waals surface area contributed by atoms with Crippen molar-refractivity contribution in [2.75, 3.05) is 44.6 Å². The van der Waals surface area contributed by atoms with Crippen molar-refractivity contribution in [1.29, 1.82) is 0 Å². The predicted octanol–water partition coefficient (Wildman–Crippen LogP) is 2.78. The van der Waals surface area contributed by atoms with Crippen LogP contribution in [0, 0.1) is 5.92 Å². The summed E-state index contributed by atoms with van der Waals surface area (Å²) >= 11 is 6.43. The summed E-state index contributed by atoms with van der Waals surface area (Å²) in [5.41, 5.74) is 0.386. The topological polar surface area (TPSA) is 159 Å². The number of anilines is 1.